The zero-order chi connectivity index (χ0) is 13.7. The molecule has 1 unspecified atom stereocenters. The Morgan fingerprint density at radius 3 is 2.68 bits per heavy atom. The molecule has 0 radical (unpaired) electrons. The molecule has 0 aromatic heterocycles. The van der Waals surface area contributed by atoms with Gasteiger partial charge in [0.15, 0.2) is 0 Å². The fourth-order valence-corrected chi connectivity index (χ4v) is 3.54. The minimum atomic E-state index is -0.614. The van der Waals surface area contributed by atoms with E-state index < -0.39 is 10.8 Å². The molecule has 19 heavy (non-hydrogen) atoms. The van der Waals surface area contributed by atoms with Gasteiger partial charge in [0.25, 0.3) is 0 Å². The molecule has 106 valence electrons. The highest BCUT2D eigenvalue weighted by Crippen LogP contribution is 2.27. The average molecular weight is 280 g/mol. The average Bonchev–Trinajstić information content (AvgIpc) is 2.45. The lowest BCUT2D eigenvalue weighted by Gasteiger charge is -2.31. The molecule has 0 saturated carbocycles. The van der Waals surface area contributed by atoms with Gasteiger partial charge in [0.05, 0.1) is 0 Å². The van der Waals surface area contributed by atoms with Gasteiger partial charge in [-0.25, -0.2) is 0 Å². The second-order valence-electron chi connectivity index (χ2n) is 5.07. The number of nitrogens with zero attached hydrogens (tertiary/aromatic N) is 1. The van der Waals surface area contributed by atoms with Crippen LogP contribution in [-0.2, 0) is 10.8 Å². The zero-order valence-corrected chi connectivity index (χ0v) is 12.7. The van der Waals surface area contributed by atoms with Crippen molar-refractivity contribution < 1.29 is 4.21 Å². The summed E-state index contributed by atoms with van der Waals surface area (Å²) in [6.45, 7) is 7.26. The first-order chi connectivity index (χ1) is 9.22. The van der Waals surface area contributed by atoms with Crippen LogP contribution in [0.2, 0.25) is 0 Å². The zero-order valence-electron chi connectivity index (χ0n) is 11.9. The van der Waals surface area contributed by atoms with Crippen LogP contribution >= 0.6 is 0 Å². The van der Waals surface area contributed by atoms with Crippen LogP contribution in [-0.4, -0.2) is 35.3 Å². The smallest absolute Gasteiger partial charge is 0.0415 e. The van der Waals surface area contributed by atoms with Crippen molar-refractivity contribution in [3.05, 3.63) is 29.8 Å². The molecule has 0 amide bonds. The highest BCUT2D eigenvalue weighted by molar-refractivity contribution is 7.85. The Bertz CT molecular complexity index is 426. The standard InChI is InChI=1S/C15H24N2OS/c1-3-8-16-13(2)14-6-4-5-7-15(14)17-9-11-19(18)12-10-17/h4-7,13,16H,3,8-12H2,1-2H3. The van der Waals surface area contributed by atoms with Crippen molar-refractivity contribution in [3.63, 3.8) is 0 Å². The van der Waals surface area contributed by atoms with Crippen molar-refractivity contribution in [2.45, 2.75) is 26.3 Å². The number of nitrogens with one attached hydrogen (secondary N) is 1. The first-order valence-electron chi connectivity index (χ1n) is 7.14. The normalized spacial score (nSPS) is 18.5. The van der Waals surface area contributed by atoms with Gasteiger partial charge in [0, 0.05) is 47.1 Å². The Labute approximate surface area is 118 Å². The largest absolute Gasteiger partial charge is 0.369 e. The van der Waals surface area contributed by atoms with E-state index in [0.29, 0.717) is 6.04 Å². The van der Waals surface area contributed by atoms with Gasteiger partial charge in [0.1, 0.15) is 0 Å². The third-order valence-corrected chi connectivity index (χ3v) is 4.90. The summed E-state index contributed by atoms with van der Waals surface area (Å²) in [5, 5.41) is 3.55. The monoisotopic (exact) mass is 280 g/mol. The maximum absolute atomic E-state index is 11.5. The third kappa shape index (κ3) is 3.80. The molecule has 1 aliphatic rings. The number of hydrogen-bond acceptors (Lipinski definition) is 3. The van der Waals surface area contributed by atoms with E-state index in [4.69, 9.17) is 0 Å². The highest BCUT2D eigenvalue weighted by atomic mass is 32.2. The molecule has 0 bridgehead atoms. The first kappa shape index (κ1) is 14.5. The molecule has 1 aliphatic heterocycles. The molecule has 1 N–H and O–H groups in total. The van der Waals surface area contributed by atoms with Gasteiger partial charge in [-0.2, -0.15) is 0 Å². The summed E-state index contributed by atoms with van der Waals surface area (Å²) < 4.78 is 11.5. The van der Waals surface area contributed by atoms with E-state index in [1.165, 1.54) is 11.3 Å². The summed E-state index contributed by atoms with van der Waals surface area (Å²) in [5.74, 6) is 1.59. The second-order valence-corrected chi connectivity index (χ2v) is 6.77. The molecule has 1 atom stereocenters. The summed E-state index contributed by atoms with van der Waals surface area (Å²) in [5.41, 5.74) is 2.65. The topological polar surface area (TPSA) is 32.3 Å². The van der Waals surface area contributed by atoms with Gasteiger partial charge in [-0.15, -0.1) is 0 Å². The maximum Gasteiger partial charge on any atom is 0.0415 e. The molecule has 3 nitrogen and oxygen atoms in total. The van der Waals surface area contributed by atoms with E-state index in [2.05, 4.69) is 48.3 Å². The van der Waals surface area contributed by atoms with Gasteiger partial charge < -0.3 is 10.2 Å². The molecule has 1 aromatic carbocycles. The Kier molecular flexibility index (Phi) is 5.40. The van der Waals surface area contributed by atoms with E-state index >= 15 is 0 Å². The van der Waals surface area contributed by atoms with Crippen molar-refractivity contribution in [2.24, 2.45) is 0 Å². The van der Waals surface area contributed by atoms with Crippen LogP contribution in [0.1, 0.15) is 31.9 Å². The van der Waals surface area contributed by atoms with Crippen LogP contribution in [0.15, 0.2) is 24.3 Å². The van der Waals surface area contributed by atoms with Crippen molar-refractivity contribution >= 4 is 16.5 Å². The predicted molar refractivity (Wildman–Crippen MR) is 83.2 cm³/mol. The minimum absolute atomic E-state index is 0.364. The van der Waals surface area contributed by atoms with Crippen LogP contribution in [0.25, 0.3) is 0 Å². The summed E-state index contributed by atoms with van der Waals surface area (Å²) in [7, 11) is -0.614. The van der Waals surface area contributed by atoms with E-state index in [0.717, 1.165) is 37.6 Å². The Morgan fingerprint density at radius 1 is 1.32 bits per heavy atom. The number of hydrogen-bond donors (Lipinski definition) is 1. The fraction of sp³-hybridized carbons (Fsp3) is 0.600. The SMILES string of the molecule is CCCNC(C)c1ccccc1N1CCS(=O)CC1. The van der Waals surface area contributed by atoms with Crippen molar-refractivity contribution in [1.82, 2.24) is 5.32 Å². The highest BCUT2D eigenvalue weighted by Gasteiger charge is 2.19. The molecule has 0 aliphatic carbocycles. The first-order valence-corrected chi connectivity index (χ1v) is 8.63. The van der Waals surface area contributed by atoms with Gasteiger partial charge in [0.2, 0.25) is 0 Å². The number of anilines is 1. The van der Waals surface area contributed by atoms with E-state index in [-0.39, 0.29) is 0 Å². The molecule has 2 rings (SSSR count). The fourth-order valence-electron chi connectivity index (χ4n) is 2.49. The van der Waals surface area contributed by atoms with Crippen LogP contribution in [0, 0.1) is 0 Å². The third-order valence-electron chi connectivity index (χ3n) is 3.62. The Balaban J connectivity index is 2.13. The van der Waals surface area contributed by atoms with Crippen molar-refractivity contribution in [3.8, 4) is 0 Å². The molecule has 1 aromatic rings. The minimum Gasteiger partial charge on any atom is -0.369 e. The lowest BCUT2D eigenvalue weighted by Crippen LogP contribution is -2.38. The molecule has 1 fully saturated rings. The summed E-state index contributed by atoms with van der Waals surface area (Å²) >= 11 is 0. The molecule has 4 heteroatoms. The van der Waals surface area contributed by atoms with E-state index in [1.807, 2.05) is 0 Å². The van der Waals surface area contributed by atoms with Crippen LogP contribution < -0.4 is 10.2 Å². The van der Waals surface area contributed by atoms with Crippen molar-refractivity contribution in [1.29, 1.82) is 0 Å². The molecule has 1 heterocycles. The van der Waals surface area contributed by atoms with Gasteiger partial charge >= 0.3 is 0 Å². The van der Waals surface area contributed by atoms with E-state index in [1.54, 1.807) is 0 Å². The van der Waals surface area contributed by atoms with Crippen LogP contribution in [0.4, 0.5) is 5.69 Å². The number of para-hydroxylation sites is 1. The Morgan fingerprint density at radius 2 is 2.00 bits per heavy atom. The van der Waals surface area contributed by atoms with Gasteiger partial charge in [-0.05, 0) is 31.5 Å². The lowest BCUT2D eigenvalue weighted by atomic mass is 10.0. The number of benzene rings is 1. The molecular weight excluding hydrogens is 256 g/mol. The van der Waals surface area contributed by atoms with Gasteiger partial charge in [-0.3, -0.25) is 4.21 Å². The van der Waals surface area contributed by atoms with Crippen LogP contribution in [0.3, 0.4) is 0 Å². The summed E-state index contributed by atoms with van der Waals surface area (Å²) in [4.78, 5) is 2.38. The second kappa shape index (κ2) is 7.06. The quantitative estimate of drug-likeness (QED) is 0.898. The maximum atomic E-state index is 11.5. The molecule has 1 saturated heterocycles. The summed E-state index contributed by atoms with van der Waals surface area (Å²) in [6.07, 6.45) is 1.15. The van der Waals surface area contributed by atoms with Crippen molar-refractivity contribution in [2.75, 3.05) is 36.0 Å². The Hall–Kier alpha value is -0.870. The predicted octanol–water partition coefficient (Wildman–Crippen LogP) is 2.32. The van der Waals surface area contributed by atoms with Gasteiger partial charge in [-0.1, -0.05) is 25.1 Å². The van der Waals surface area contributed by atoms with Crippen LogP contribution in [0.5, 0.6) is 0 Å². The molecule has 0 spiro atoms. The summed E-state index contributed by atoms with van der Waals surface area (Å²) in [6, 6.07) is 8.95. The lowest BCUT2D eigenvalue weighted by molar-refractivity contribution is 0.569. The molecular formula is C15H24N2OS. The van der Waals surface area contributed by atoms with E-state index in [9.17, 15) is 4.21 Å². The number of rotatable bonds is 5.